The molecule has 1 unspecified atom stereocenters. The molecule has 4 N–H and O–H groups in total. The van der Waals surface area contributed by atoms with E-state index in [2.05, 4.69) is 25.8 Å². The maximum absolute atomic E-state index is 15.8. The Labute approximate surface area is 359 Å². The molecule has 4 heterocycles. The van der Waals surface area contributed by atoms with Gasteiger partial charge in [-0.05, 0) is 88.0 Å². The lowest BCUT2D eigenvalue weighted by Crippen LogP contribution is -2.55. The number of imide groups is 2. The summed E-state index contributed by atoms with van der Waals surface area (Å²) in [5.41, 5.74) is -1.11. The number of nitrogens with one attached hydrogen (secondary N) is 4. The second-order valence-electron chi connectivity index (χ2n) is 16.1. The maximum atomic E-state index is 15.8. The monoisotopic (exact) mass is 871 g/mol. The molecule has 0 bridgehead atoms. The molecule has 0 radical (unpaired) electrons. The number of fused-ring (bicyclic) bond motifs is 1. The number of aromatic nitrogens is 1. The highest BCUT2D eigenvalue weighted by molar-refractivity contribution is 6.24. The van der Waals surface area contributed by atoms with Crippen molar-refractivity contribution in [2.24, 2.45) is 0 Å². The summed E-state index contributed by atoms with van der Waals surface area (Å²) in [5.74, 6) is -4.70. The molecular formula is C45H45F4N7O7. The number of likely N-dealkylation sites (N-methyl/N-ethyl adjacent to an activating group) is 1. The van der Waals surface area contributed by atoms with Crippen LogP contribution in [0.15, 0.2) is 71.7 Å². The Bertz CT molecular complexity index is 2570. The Hall–Kier alpha value is -6.69. The van der Waals surface area contributed by atoms with Gasteiger partial charge in [0.1, 0.15) is 11.9 Å². The Morgan fingerprint density at radius 1 is 0.857 bits per heavy atom. The maximum Gasteiger partial charge on any atom is 0.417 e. The molecule has 18 heteroatoms. The third kappa shape index (κ3) is 9.26. The van der Waals surface area contributed by atoms with Crippen LogP contribution in [0.1, 0.15) is 98.5 Å². The smallest absolute Gasteiger partial charge is 0.367 e. The number of hydrogen-bond acceptors (Lipinski definition) is 9. The second kappa shape index (κ2) is 18.0. The van der Waals surface area contributed by atoms with Gasteiger partial charge >= 0.3 is 6.18 Å². The van der Waals surface area contributed by atoms with Gasteiger partial charge in [0.25, 0.3) is 23.6 Å². The molecule has 0 aliphatic carbocycles. The molecule has 3 aliphatic heterocycles. The number of piperazine rings is 1. The fourth-order valence-electron chi connectivity index (χ4n) is 8.37. The van der Waals surface area contributed by atoms with Gasteiger partial charge in [-0.1, -0.05) is 30.7 Å². The first-order valence-corrected chi connectivity index (χ1v) is 20.6. The van der Waals surface area contributed by atoms with Crippen molar-refractivity contribution in [1.29, 1.82) is 0 Å². The number of H-pyrrole nitrogens is 1. The molecule has 4 aromatic rings. The first-order valence-electron chi connectivity index (χ1n) is 20.6. The van der Waals surface area contributed by atoms with Crippen molar-refractivity contribution in [1.82, 2.24) is 25.4 Å². The number of aryl methyl sites for hydroxylation is 1. The van der Waals surface area contributed by atoms with E-state index < -0.39 is 70.2 Å². The van der Waals surface area contributed by atoms with Crippen LogP contribution < -0.4 is 26.4 Å². The van der Waals surface area contributed by atoms with Crippen molar-refractivity contribution in [2.75, 3.05) is 36.9 Å². The summed E-state index contributed by atoms with van der Waals surface area (Å²) in [4.78, 5) is 96.1. The Balaban J connectivity index is 0.995. The molecule has 330 valence electrons. The molecule has 0 spiro atoms. The average Bonchev–Trinajstić information content (AvgIpc) is 3.49. The molecule has 14 nitrogen and oxygen atoms in total. The number of nitrogens with zero attached hydrogens (tertiary/aromatic N) is 3. The lowest BCUT2D eigenvalue weighted by Gasteiger charge is -2.44. The minimum atomic E-state index is -4.99. The quantitative estimate of drug-likeness (QED) is 0.0810. The van der Waals surface area contributed by atoms with E-state index in [1.54, 1.807) is 24.3 Å². The minimum absolute atomic E-state index is 0.0196. The van der Waals surface area contributed by atoms with Crippen LogP contribution in [-0.2, 0) is 22.2 Å². The van der Waals surface area contributed by atoms with Crippen LogP contribution >= 0.6 is 0 Å². The van der Waals surface area contributed by atoms with Gasteiger partial charge in [0.05, 0.1) is 33.6 Å². The number of hydrogen-bond donors (Lipinski definition) is 4. The third-order valence-electron chi connectivity index (χ3n) is 11.9. The average molecular weight is 872 g/mol. The van der Waals surface area contributed by atoms with Gasteiger partial charge in [0, 0.05) is 61.5 Å². The fourth-order valence-corrected chi connectivity index (χ4v) is 8.37. The van der Waals surface area contributed by atoms with Crippen LogP contribution in [0.4, 0.5) is 28.9 Å². The van der Waals surface area contributed by atoms with Gasteiger partial charge in [0.15, 0.2) is 0 Å². The van der Waals surface area contributed by atoms with Gasteiger partial charge < -0.3 is 20.5 Å². The lowest BCUT2D eigenvalue weighted by molar-refractivity contribution is -0.138. The van der Waals surface area contributed by atoms with Gasteiger partial charge in [-0.25, -0.2) is 4.39 Å². The number of pyridine rings is 1. The van der Waals surface area contributed by atoms with Gasteiger partial charge in [-0.3, -0.25) is 48.7 Å². The van der Waals surface area contributed by atoms with Crippen molar-refractivity contribution in [3.8, 4) is 11.1 Å². The summed E-state index contributed by atoms with van der Waals surface area (Å²) in [6, 6.07) is 13.0. The van der Waals surface area contributed by atoms with Gasteiger partial charge in [-0.2, -0.15) is 13.2 Å². The third-order valence-corrected chi connectivity index (χ3v) is 11.9. The standard InChI is InChI=1S/C45H45F4N7O7/c1-24-22-55(23-25(2)54(24)3)35-14-12-27(19-34(35)52-41(60)31-21-51-38(58)20-32(31)45(47,48)49)29-13-11-28(18-33(29)46)40(59)50-17-6-4-5-8-26-9-7-10-30-39(26)44(63)56(43(30)62)36-15-16-37(57)53-42(36)61/h7,9-14,18-21,24-25,36H,4-6,8,15-17,22-23H2,1-3H3,(H,50,59)(H,51,58)(H,52,60)(H,53,57,61)/t24-,25+,36?. The van der Waals surface area contributed by atoms with Crippen LogP contribution in [0, 0.1) is 5.82 Å². The topological polar surface area (TPSA) is 181 Å². The van der Waals surface area contributed by atoms with E-state index in [0.29, 0.717) is 62.3 Å². The molecule has 1 aromatic heterocycles. The molecule has 2 fully saturated rings. The van der Waals surface area contributed by atoms with Crippen LogP contribution in [0.2, 0.25) is 0 Å². The van der Waals surface area contributed by atoms with Crippen molar-refractivity contribution in [3.05, 3.63) is 116 Å². The van der Waals surface area contributed by atoms with Crippen molar-refractivity contribution in [2.45, 2.75) is 76.7 Å². The molecule has 7 rings (SSSR count). The number of benzene rings is 3. The SMILES string of the molecule is C[C@@H]1CN(c2ccc(-c3ccc(C(=O)NCCCCCc4cccc5c4C(=O)N(C4CCC(=O)NC4=O)C5=O)cc3F)cc2NC(=O)c2c[nH]c(=O)cc2C(F)(F)F)C[C@H](C)N1C. The number of halogens is 4. The van der Waals surface area contributed by atoms with E-state index in [-0.39, 0.29) is 65.0 Å². The summed E-state index contributed by atoms with van der Waals surface area (Å²) < 4.78 is 57.5. The summed E-state index contributed by atoms with van der Waals surface area (Å²) in [5, 5.41) is 7.54. The second-order valence-corrected chi connectivity index (χ2v) is 16.1. The zero-order valence-corrected chi connectivity index (χ0v) is 34.7. The first kappa shape index (κ1) is 44.4. The number of carbonyl (C=O) groups excluding carboxylic acids is 6. The molecule has 2 saturated heterocycles. The van der Waals surface area contributed by atoms with Crippen LogP contribution in [0.5, 0.6) is 0 Å². The van der Waals surface area contributed by atoms with Gasteiger partial charge in [0.2, 0.25) is 17.4 Å². The molecule has 3 aliphatic rings. The van der Waals surface area contributed by atoms with Crippen LogP contribution in [-0.4, -0.2) is 95.0 Å². The number of aromatic amines is 1. The van der Waals surface area contributed by atoms with Crippen molar-refractivity contribution in [3.63, 3.8) is 0 Å². The normalized spacial score (nSPS) is 19.3. The zero-order chi connectivity index (χ0) is 45.3. The summed E-state index contributed by atoms with van der Waals surface area (Å²) in [6.07, 6.45) is -1.97. The highest BCUT2D eigenvalue weighted by Gasteiger charge is 2.45. The highest BCUT2D eigenvalue weighted by atomic mass is 19.4. The minimum Gasteiger partial charge on any atom is -0.367 e. The number of anilines is 2. The number of alkyl halides is 3. The fraction of sp³-hybridized carbons (Fsp3) is 0.356. The summed E-state index contributed by atoms with van der Waals surface area (Å²) >= 11 is 0. The van der Waals surface area contributed by atoms with E-state index in [4.69, 9.17) is 0 Å². The first-order chi connectivity index (χ1) is 29.9. The predicted octanol–water partition coefficient (Wildman–Crippen LogP) is 5.52. The van der Waals surface area contributed by atoms with E-state index >= 15 is 4.39 Å². The lowest BCUT2D eigenvalue weighted by atomic mass is 9.98. The number of amides is 6. The summed E-state index contributed by atoms with van der Waals surface area (Å²) in [7, 11) is 1.98. The largest absolute Gasteiger partial charge is 0.417 e. The Morgan fingerprint density at radius 2 is 1.60 bits per heavy atom. The molecule has 63 heavy (non-hydrogen) atoms. The van der Waals surface area contributed by atoms with Crippen molar-refractivity contribution < 1.29 is 46.3 Å². The highest BCUT2D eigenvalue weighted by Crippen LogP contribution is 2.37. The van der Waals surface area contributed by atoms with E-state index in [1.165, 1.54) is 24.3 Å². The van der Waals surface area contributed by atoms with Crippen molar-refractivity contribution >= 4 is 46.8 Å². The molecule has 6 amide bonds. The Kier molecular flexibility index (Phi) is 12.6. The Morgan fingerprint density at radius 3 is 2.30 bits per heavy atom. The number of piperidine rings is 1. The molecule has 3 aromatic carbocycles. The molecule has 0 saturated carbocycles. The van der Waals surface area contributed by atoms with Crippen LogP contribution in [0.25, 0.3) is 11.1 Å². The van der Waals surface area contributed by atoms with E-state index in [0.717, 1.165) is 11.0 Å². The number of carbonyl (C=O) groups is 6. The predicted molar refractivity (Wildman–Crippen MR) is 224 cm³/mol. The van der Waals surface area contributed by atoms with Gasteiger partial charge in [-0.15, -0.1) is 0 Å². The molecular weight excluding hydrogens is 827 g/mol. The summed E-state index contributed by atoms with van der Waals surface area (Å²) in [6.45, 7) is 5.35. The number of unbranched alkanes of at least 4 members (excludes halogenated alkanes) is 2. The zero-order valence-electron chi connectivity index (χ0n) is 34.7. The number of rotatable bonds is 12. The van der Waals surface area contributed by atoms with E-state index in [9.17, 15) is 46.7 Å². The van der Waals surface area contributed by atoms with E-state index in [1.807, 2.05) is 25.8 Å². The van der Waals surface area contributed by atoms with Crippen LogP contribution in [0.3, 0.4) is 0 Å². The molecule has 3 atom stereocenters.